The van der Waals surface area contributed by atoms with Crippen LogP contribution in [0.3, 0.4) is 0 Å². The largest absolute Gasteiger partial charge is 0.478 e. The summed E-state index contributed by atoms with van der Waals surface area (Å²) in [4.78, 5) is 5.67. The molecule has 0 amide bonds. The minimum atomic E-state index is 0.365. The highest BCUT2D eigenvalue weighted by atomic mass is 32.1. The predicted molar refractivity (Wildman–Crippen MR) is 84.1 cm³/mol. The summed E-state index contributed by atoms with van der Waals surface area (Å²) in [7, 11) is 0. The lowest BCUT2D eigenvalue weighted by molar-refractivity contribution is 0.319. The van der Waals surface area contributed by atoms with Crippen LogP contribution in [0.2, 0.25) is 0 Å². The number of thiophene rings is 1. The molecule has 0 bridgehead atoms. The van der Waals surface area contributed by atoms with E-state index in [0.717, 1.165) is 18.0 Å². The van der Waals surface area contributed by atoms with E-state index in [4.69, 9.17) is 4.74 Å². The predicted octanol–water partition coefficient (Wildman–Crippen LogP) is 4.03. The van der Waals surface area contributed by atoms with Crippen molar-refractivity contribution in [1.82, 2.24) is 10.3 Å². The van der Waals surface area contributed by atoms with Crippen LogP contribution in [0, 0.1) is 5.92 Å². The molecule has 2 heterocycles. The molecule has 0 spiro atoms. The minimum Gasteiger partial charge on any atom is -0.478 e. The monoisotopic (exact) mass is 290 g/mol. The molecule has 0 saturated carbocycles. The molecule has 0 aliphatic heterocycles. The van der Waals surface area contributed by atoms with Crippen molar-refractivity contribution in [2.24, 2.45) is 5.92 Å². The van der Waals surface area contributed by atoms with Crippen LogP contribution in [0.5, 0.6) is 5.88 Å². The van der Waals surface area contributed by atoms with Crippen LogP contribution < -0.4 is 10.1 Å². The number of pyridine rings is 1. The second kappa shape index (κ2) is 7.41. The van der Waals surface area contributed by atoms with Gasteiger partial charge in [-0.25, -0.2) is 4.98 Å². The van der Waals surface area contributed by atoms with Gasteiger partial charge in [0.2, 0.25) is 5.88 Å². The van der Waals surface area contributed by atoms with Gasteiger partial charge in [0, 0.05) is 29.2 Å². The fourth-order valence-electron chi connectivity index (χ4n) is 2.18. The van der Waals surface area contributed by atoms with E-state index in [2.05, 4.69) is 47.7 Å². The van der Waals surface area contributed by atoms with Crippen molar-refractivity contribution in [3.05, 3.63) is 46.3 Å². The standard InChI is InChI=1S/C16H22N2OS/c1-4-19-16-13(7-5-9-17-16)11-18-15(12(2)3)14-8-6-10-20-14/h5-10,12,15,18H,4,11H2,1-3H3. The lowest BCUT2D eigenvalue weighted by Gasteiger charge is -2.21. The van der Waals surface area contributed by atoms with E-state index in [-0.39, 0.29) is 0 Å². The molecule has 20 heavy (non-hydrogen) atoms. The van der Waals surface area contributed by atoms with E-state index >= 15 is 0 Å². The fourth-order valence-corrected chi connectivity index (χ4v) is 3.15. The van der Waals surface area contributed by atoms with E-state index in [1.54, 1.807) is 17.5 Å². The van der Waals surface area contributed by atoms with Crippen molar-refractivity contribution < 1.29 is 4.74 Å². The van der Waals surface area contributed by atoms with E-state index in [9.17, 15) is 0 Å². The third-order valence-electron chi connectivity index (χ3n) is 3.16. The van der Waals surface area contributed by atoms with Crippen LogP contribution >= 0.6 is 11.3 Å². The molecule has 2 aromatic rings. The summed E-state index contributed by atoms with van der Waals surface area (Å²) in [5, 5.41) is 5.75. The first-order valence-electron chi connectivity index (χ1n) is 7.05. The first-order chi connectivity index (χ1) is 9.72. The zero-order valence-corrected chi connectivity index (χ0v) is 13.1. The Bertz CT molecular complexity index is 511. The van der Waals surface area contributed by atoms with Crippen molar-refractivity contribution in [3.63, 3.8) is 0 Å². The summed E-state index contributed by atoms with van der Waals surface area (Å²) < 4.78 is 5.57. The molecule has 3 nitrogen and oxygen atoms in total. The quantitative estimate of drug-likeness (QED) is 0.836. The lowest BCUT2D eigenvalue weighted by atomic mass is 10.0. The normalized spacial score (nSPS) is 12.6. The highest BCUT2D eigenvalue weighted by Gasteiger charge is 2.17. The molecular weight excluding hydrogens is 268 g/mol. The molecule has 0 fully saturated rings. The molecule has 1 atom stereocenters. The van der Waals surface area contributed by atoms with Crippen LogP contribution in [0.1, 0.15) is 37.3 Å². The molecule has 108 valence electrons. The second-order valence-corrected chi connectivity index (χ2v) is 6.00. The fraction of sp³-hybridized carbons (Fsp3) is 0.438. The Balaban J connectivity index is 2.06. The van der Waals surface area contributed by atoms with Crippen LogP contribution in [-0.2, 0) is 6.54 Å². The Morgan fingerprint density at radius 1 is 1.30 bits per heavy atom. The van der Waals surface area contributed by atoms with E-state index in [1.807, 2.05) is 13.0 Å². The van der Waals surface area contributed by atoms with Gasteiger partial charge in [-0.05, 0) is 30.4 Å². The molecule has 2 rings (SSSR count). The molecule has 0 aliphatic rings. The van der Waals surface area contributed by atoms with Gasteiger partial charge < -0.3 is 10.1 Å². The van der Waals surface area contributed by atoms with E-state index in [1.165, 1.54) is 4.88 Å². The molecule has 4 heteroatoms. The van der Waals surface area contributed by atoms with Crippen LogP contribution in [0.15, 0.2) is 35.8 Å². The van der Waals surface area contributed by atoms with Crippen molar-refractivity contribution in [1.29, 1.82) is 0 Å². The maximum absolute atomic E-state index is 5.57. The smallest absolute Gasteiger partial charge is 0.217 e. The van der Waals surface area contributed by atoms with Gasteiger partial charge in [0.05, 0.1) is 6.61 Å². The Morgan fingerprint density at radius 3 is 2.80 bits per heavy atom. The molecule has 1 N–H and O–H groups in total. The summed E-state index contributed by atoms with van der Waals surface area (Å²) in [6.07, 6.45) is 1.77. The van der Waals surface area contributed by atoms with Crippen molar-refractivity contribution in [2.75, 3.05) is 6.61 Å². The molecular formula is C16H22N2OS. The van der Waals surface area contributed by atoms with E-state index in [0.29, 0.717) is 18.6 Å². The molecule has 0 saturated heterocycles. The van der Waals surface area contributed by atoms with Crippen molar-refractivity contribution in [3.8, 4) is 5.88 Å². The highest BCUT2D eigenvalue weighted by molar-refractivity contribution is 7.10. The van der Waals surface area contributed by atoms with Gasteiger partial charge in [-0.2, -0.15) is 0 Å². The summed E-state index contributed by atoms with van der Waals surface area (Å²) in [6.45, 7) is 7.87. The topological polar surface area (TPSA) is 34.1 Å². The third-order valence-corrected chi connectivity index (χ3v) is 4.12. The van der Waals surface area contributed by atoms with Gasteiger partial charge in [0.15, 0.2) is 0 Å². The number of hydrogen-bond donors (Lipinski definition) is 1. The zero-order valence-electron chi connectivity index (χ0n) is 12.3. The first kappa shape index (κ1) is 15.0. The van der Waals surface area contributed by atoms with Gasteiger partial charge >= 0.3 is 0 Å². The summed E-state index contributed by atoms with van der Waals surface area (Å²) in [5.74, 6) is 1.28. The average Bonchev–Trinajstić information content (AvgIpc) is 2.94. The molecule has 0 aliphatic carbocycles. The third kappa shape index (κ3) is 3.81. The maximum Gasteiger partial charge on any atom is 0.217 e. The highest BCUT2D eigenvalue weighted by Crippen LogP contribution is 2.26. The number of ether oxygens (including phenoxy) is 1. The summed E-state index contributed by atoms with van der Waals surface area (Å²) in [6, 6.07) is 8.68. The summed E-state index contributed by atoms with van der Waals surface area (Å²) >= 11 is 1.80. The minimum absolute atomic E-state index is 0.365. The van der Waals surface area contributed by atoms with Gasteiger partial charge in [0.1, 0.15) is 0 Å². The maximum atomic E-state index is 5.57. The van der Waals surface area contributed by atoms with Crippen molar-refractivity contribution >= 4 is 11.3 Å². The molecule has 1 unspecified atom stereocenters. The number of nitrogens with zero attached hydrogens (tertiary/aromatic N) is 1. The first-order valence-corrected chi connectivity index (χ1v) is 7.93. The molecule has 2 aromatic heterocycles. The van der Waals surface area contributed by atoms with Gasteiger partial charge in [-0.1, -0.05) is 26.0 Å². The second-order valence-electron chi connectivity index (χ2n) is 5.02. The van der Waals surface area contributed by atoms with Crippen molar-refractivity contribution in [2.45, 2.75) is 33.4 Å². The Hall–Kier alpha value is -1.39. The SMILES string of the molecule is CCOc1ncccc1CNC(c1cccs1)C(C)C. The Morgan fingerprint density at radius 2 is 2.15 bits per heavy atom. The number of hydrogen-bond acceptors (Lipinski definition) is 4. The average molecular weight is 290 g/mol. The Labute approximate surface area is 125 Å². The molecule has 0 aromatic carbocycles. The number of nitrogens with one attached hydrogen (secondary N) is 1. The van der Waals surface area contributed by atoms with Crippen LogP contribution in [-0.4, -0.2) is 11.6 Å². The molecule has 0 radical (unpaired) electrons. The van der Waals surface area contributed by atoms with Gasteiger partial charge in [-0.3, -0.25) is 0 Å². The van der Waals surface area contributed by atoms with Gasteiger partial charge in [0.25, 0.3) is 0 Å². The van der Waals surface area contributed by atoms with Gasteiger partial charge in [-0.15, -0.1) is 11.3 Å². The Kier molecular flexibility index (Phi) is 5.56. The summed E-state index contributed by atoms with van der Waals surface area (Å²) in [5.41, 5.74) is 1.11. The van der Waals surface area contributed by atoms with Crippen LogP contribution in [0.4, 0.5) is 0 Å². The van der Waals surface area contributed by atoms with E-state index < -0.39 is 0 Å². The van der Waals surface area contributed by atoms with Crippen LogP contribution in [0.25, 0.3) is 0 Å². The zero-order chi connectivity index (χ0) is 14.4. The lowest BCUT2D eigenvalue weighted by Crippen LogP contribution is -2.25. The number of aromatic nitrogens is 1. The number of rotatable bonds is 7.